The van der Waals surface area contributed by atoms with Crippen LogP contribution in [0.4, 0.5) is 15.2 Å². The Kier molecular flexibility index (Phi) is 5.12. The van der Waals surface area contributed by atoms with Gasteiger partial charge in [0, 0.05) is 22.8 Å². The van der Waals surface area contributed by atoms with Gasteiger partial charge in [0.2, 0.25) is 0 Å². The molecule has 7 heteroatoms. The second-order valence-corrected chi connectivity index (χ2v) is 5.28. The first kappa shape index (κ1) is 15.7. The number of rotatable bonds is 3. The lowest BCUT2D eigenvalue weighted by atomic mass is 10.2. The molecule has 3 rings (SSSR count). The summed E-state index contributed by atoms with van der Waals surface area (Å²) in [5.41, 5.74) is 2.52. The number of benzene rings is 1. The fourth-order valence-corrected chi connectivity index (χ4v) is 2.50. The maximum absolute atomic E-state index is 12.8. The maximum atomic E-state index is 12.8. The highest BCUT2D eigenvalue weighted by atomic mass is 35.5. The maximum Gasteiger partial charge on any atom is 0.187 e. The topological polar surface area (TPSA) is 37.8 Å². The number of pyridine rings is 1. The van der Waals surface area contributed by atoms with Crippen LogP contribution < -0.4 is 5.32 Å². The largest absolute Gasteiger partial charge is 0.332 e. The highest BCUT2D eigenvalue weighted by molar-refractivity contribution is 7.14. The first-order valence-electron chi connectivity index (χ1n) is 5.81. The van der Waals surface area contributed by atoms with Gasteiger partial charge in [0.25, 0.3) is 0 Å². The van der Waals surface area contributed by atoms with Crippen molar-refractivity contribution >= 4 is 46.2 Å². The van der Waals surface area contributed by atoms with Gasteiger partial charge in [-0.2, -0.15) is 0 Å². The minimum Gasteiger partial charge on any atom is -0.332 e. The second kappa shape index (κ2) is 6.85. The Hall–Kier alpha value is -1.69. The molecule has 2 aromatic heterocycles. The molecule has 3 nitrogen and oxygen atoms in total. The van der Waals surface area contributed by atoms with Crippen LogP contribution >= 0.6 is 35.3 Å². The molecule has 0 bridgehead atoms. The average Bonchev–Trinajstić information content (AvgIpc) is 2.91. The highest BCUT2D eigenvalue weighted by Crippen LogP contribution is 2.27. The number of nitrogens with zero attached hydrogens (tertiary/aromatic N) is 2. The number of hydrogen-bond acceptors (Lipinski definition) is 4. The van der Waals surface area contributed by atoms with Gasteiger partial charge in [-0.3, -0.25) is 0 Å². The molecule has 0 amide bonds. The predicted octanol–water partition coefficient (Wildman–Crippen LogP) is 5.16. The van der Waals surface area contributed by atoms with E-state index < -0.39 is 0 Å². The summed E-state index contributed by atoms with van der Waals surface area (Å²) in [4.78, 5) is 8.48. The molecule has 1 aromatic carbocycles. The molecule has 0 saturated carbocycles. The number of aromatic nitrogens is 2. The van der Waals surface area contributed by atoms with E-state index in [0.717, 1.165) is 22.1 Å². The Balaban J connectivity index is 0.00000161. The van der Waals surface area contributed by atoms with Gasteiger partial charge < -0.3 is 5.32 Å². The third-order valence-corrected chi connectivity index (χ3v) is 3.60. The summed E-state index contributed by atoms with van der Waals surface area (Å²) in [6.07, 6.45) is 1.68. The third-order valence-electron chi connectivity index (χ3n) is 2.62. The van der Waals surface area contributed by atoms with Crippen LogP contribution in [0.2, 0.25) is 5.15 Å². The van der Waals surface area contributed by atoms with E-state index in [2.05, 4.69) is 15.3 Å². The first-order valence-corrected chi connectivity index (χ1v) is 7.06. The van der Waals surface area contributed by atoms with Crippen molar-refractivity contribution in [1.29, 1.82) is 0 Å². The Morgan fingerprint density at radius 3 is 2.52 bits per heavy atom. The van der Waals surface area contributed by atoms with Gasteiger partial charge in [-0.1, -0.05) is 11.6 Å². The van der Waals surface area contributed by atoms with Crippen LogP contribution in [0.3, 0.4) is 0 Å². The van der Waals surface area contributed by atoms with E-state index in [1.807, 2.05) is 11.4 Å². The van der Waals surface area contributed by atoms with Crippen molar-refractivity contribution in [3.63, 3.8) is 0 Å². The van der Waals surface area contributed by atoms with Crippen LogP contribution in [0.25, 0.3) is 11.3 Å². The molecule has 3 aromatic rings. The number of thiazole rings is 1. The minimum atomic E-state index is -0.261. The Morgan fingerprint density at radius 2 is 1.86 bits per heavy atom. The molecular weight excluding hydrogens is 332 g/mol. The number of nitrogens with one attached hydrogen (secondary N) is 1. The van der Waals surface area contributed by atoms with Gasteiger partial charge in [0.1, 0.15) is 11.0 Å². The average molecular weight is 342 g/mol. The van der Waals surface area contributed by atoms with E-state index in [1.165, 1.54) is 23.5 Å². The van der Waals surface area contributed by atoms with Crippen molar-refractivity contribution in [2.24, 2.45) is 0 Å². The zero-order valence-corrected chi connectivity index (χ0v) is 13.0. The molecular formula is C14H10Cl2FN3S. The highest BCUT2D eigenvalue weighted by Gasteiger charge is 2.05. The summed E-state index contributed by atoms with van der Waals surface area (Å²) in [7, 11) is 0. The molecule has 0 atom stereocenters. The zero-order chi connectivity index (χ0) is 13.9. The lowest BCUT2D eigenvalue weighted by Gasteiger charge is -2.01. The van der Waals surface area contributed by atoms with Crippen molar-refractivity contribution in [3.8, 4) is 11.3 Å². The fourth-order valence-electron chi connectivity index (χ4n) is 1.65. The molecule has 21 heavy (non-hydrogen) atoms. The molecule has 0 radical (unpaired) electrons. The van der Waals surface area contributed by atoms with Crippen molar-refractivity contribution in [2.75, 3.05) is 5.32 Å². The first-order chi connectivity index (χ1) is 9.70. The van der Waals surface area contributed by atoms with E-state index >= 15 is 0 Å². The molecule has 2 heterocycles. The monoisotopic (exact) mass is 341 g/mol. The molecule has 0 fully saturated rings. The lowest BCUT2D eigenvalue weighted by molar-refractivity contribution is 0.628. The van der Waals surface area contributed by atoms with E-state index in [0.29, 0.717) is 5.15 Å². The van der Waals surface area contributed by atoms with Crippen LogP contribution in [0.5, 0.6) is 0 Å². The summed E-state index contributed by atoms with van der Waals surface area (Å²) in [5.74, 6) is -0.261. The summed E-state index contributed by atoms with van der Waals surface area (Å²) in [5, 5.41) is 6.24. The van der Waals surface area contributed by atoms with Crippen LogP contribution in [-0.4, -0.2) is 9.97 Å². The third kappa shape index (κ3) is 3.91. The number of anilines is 2. The van der Waals surface area contributed by atoms with Gasteiger partial charge in [0.05, 0.1) is 5.69 Å². The molecule has 0 spiro atoms. The quantitative estimate of drug-likeness (QED) is 0.668. The Labute approximate surface area is 136 Å². The summed E-state index contributed by atoms with van der Waals surface area (Å²) in [6, 6.07) is 9.73. The molecule has 0 aliphatic heterocycles. The van der Waals surface area contributed by atoms with Gasteiger partial charge in [-0.05, 0) is 36.4 Å². The fraction of sp³-hybridized carbons (Fsp3) is 0. The summed E-state index contributed by atoms with van der Waals surface area (Å²) < 4.78 is 12.8. The Bertz CT molecular complexity index is 714. The van der Waals surface area contributed by atoms with Crippen LogP contribution in [-0.2, 0) is 0 Å². The second-order valence-electron chi connectivity index (χ2n) is 4.04. The van der Waals surface area contributed by atoms with E-state index in [-0.39, 0.29) is 18.2 Å². The van der Waals surface area contributed by atoms with Gasteiger partial charge >= 0.3 is 0 Å². The van der Waals surface area contributed by atoms with Gasteiger partial charge in [-0.25, -0.2) is 14.4 Å². The number of hydrogen-bond donors (Lipinski definition) is 1. The minimum absolute atomic E-state index is 0. The van der Waals surface area contributed by atoms with Crippen LogP contribution in [0.15, 0.2) is 48.0 Å². The summed E-state index contributed by atoms with van der Waals surface area (Å²) >= 11 is 7.22. The van der Waals surface area contributed by atoms with Crippen molar-refractivity contribution in [2.45, 2.75) is 0 Å². The van der Waals surface area contributed by atoms with Crippen LogP contribution in [0.1, 0.15) is 0 Å². The molecule has 0 aliphatic rings. The normalized spacial score (nSPS) is 10.0. The van der Waals surface area contributed by atoms with Gasteiger partial charge in [0.15, 0.2) is 5.13 Å². The summed E-state index contributed by atoms with van der Waals surface area (Å²) in [6.45, 7) is 0. The molecule has 1 N–H and O–H groups in total. The lowest BCUT2D eigenvalue weighted by Crippen LogP contribution is -1.89. The van der Waals surface area contributed by atoms with E-state index in [9.17, 15) is 4.39 Å². The smallest absolute Gasteiger partial charge is 0.187 e. The van der Waals surface area contributed by atoms with Crippen molar-refractivity contribution < 1.29 is 4.39 Å². The predicted molar refractivity (Wildman–Crippen MR) is 87.3 cm³/mol. The molecule has 0 aliphatic carbocycles. The van der Waals surface area contributed by atoms with Crippen molar-refractivity contribution in [3.05, 3.63) is 58.9 Å². The Morgan fingerprint density at radius 1 is 1.10 bits per heavy atom. The standard InChI is InChI=1S/C14H9ClFN3S.ClH/c15-13-6-1-9(7-17-13)12-8-20-14(19-12)18-11-4-2-10(16)3-5-11;/h1-8H,(H,18,19);1H. The SMILES string of the molecule is Cl.Fc1ccc(Nc2nc(-c3ccc(Cl)nc3)cs2)cc1. The zero-order valence-electron chi connectivity index (χ0n) is 10.6. The van der Waals surface area contributed by atoms with E-state index in [1.54, 1.807) is 24.4 Å². The molecule has 0 unspecified atom stereocenters. The van der Waals surface area contributed by atoms with E-state index in [4.69, 9.17) is 11.6 Å². The van der Waals surface area contributed by atoms with Crippen molar-refractivity contribution in [1.82, 2.24) is 9.97 Å². The number of halogens is 3. The van der Waals surface area contributed by atoms with Crippen LogP contribution in [0, 0.1) is 5.82 Å². The van der Waals surface area contributed by atoms with Gasteiger partial charge in [-0.15, -0.1) is 23.7 Å². The molecule has 0 saturated heterocycles. The molecule has 108 valence electrons.